The average Bonchev–Trinajstić information content (AvgIpc) is 3.22. The summed E-state index contributed by atoms with van der Waals surface area (Å²) < 4.78 is 26.6. The van der Waals surface area contributed by atoms with Crippen LogP contribution in [-0.2, 0) is 14.8 Å². The monoisotopic (exact) mass is 298 g/mol. The smallest absolute Gasteiger partial charge is 0.241 e. The van der Waals surface area contributed by atoms with Crippen molar-refractivity contribution in [1.29, 1.82) is 0 Å². The highest BCUT2D eigenvalue weighted by molar-refractivity contribution is 7.89. The number of carbonyl (C=O) groups excluding carboxylic acids is 1. The van der Waals surface area contributed by atoms with Crippen molar-refractivity contribution in [2.75, 3.05) is 5.43 Å². The topological polar surface area (TPSA) is 113 Å². The standard InChI is InChI=1S/C12H18N4O3S/c1-8(12(17)14-9-2-3-9)16-20(18,19)11-6-4-10(15-13)5-7-11/h4-9,15-16H,2-3,13H2,1H3,(H,14,17). The van der Waals surface area contributed by atoms with Crippen LogP contribution in [0.25, 0.3) is 0 Å². The van der Waals surface area contributed by atoms with Crippen LogP contribution in [0.4, 0.5) is 5.69 Å². The van der Waals surface area contributed by atoms with Gasteiger partial charge in [-0.2, -0.15) is 4.72 Å². The predicted octanol–water partition coefficient (Wildman–Crippen LogP) is -0.0824. The first-order chi connectivity index (χ1) is 9.42. The number of nitrogens with one attached hydrogen (secondary N) is 3. The zero-order valence-electron chi connectivity index (χ0n) is 11.1. The molecule has 20 heavy (non-hydrogen) atoms. The molecule has 5 N–H and O–H groups in total. The lowest BCUT2D eigenvalue weighted by atomic mass is 10.3. The van der Waals surface area contributed by atoms with E-state index in [9.17, 15) is 13.2 Å². The molecule has 1 amide bonds. The zero-order valence-corrected chi connectivity index (χ0v) is 11.9. The number of amides is 1. The molecule has 1 fully saturated rings. The maximum atomic E-state index is 12.1. The first-order valence-corrected chi connectivity index (χ1v) is 7.80. The number of hydrogen-bond donors (Lipinski definition) is 4. The largest absolute Gasteiger partial charge is 0.352 e. The van der Waals surface area contributed by atoms with E-state index in [-0.39, 0.29) is 16.8 Å². The molecule has 8 heteroatoms. The SMILES string of the molecule is CC(NS(=O)(=O)c1ccc(NN)cc1)C(=O)NC1CC1. The molecule has 1 aromatic carbocycles. The predicted molar refractivity (Wildman–Crippen MR) is 75.2 cm³/mol. The van der Waals surface area contributed by atoms with E-state index in [0.717, 1.165) is 12.8 Å². The Hall–Kier alpha value is -1.64. The van der Waals surface area contributed by atoms with Gasteiger partial charge in [-0.25, -0.2) is 8.42 Å². The van der Waals surface area contributed by atoms with Gasteiger partial charge < -0.3 is 10.7 Å². The van der Waals surface area contributed by atoms with Gasteiger partial charge in [-0.1, -0.05) is 0 Å². The number of rotatable bonds is 6. The maximum Gasteiger partial charge on any atom is 0.241 e. The van der Waals surface area contributed by atoms with E-state index < -0.39 is 16.1 Å². The molecule has 1 saturated carbocycles. The Balaban J connectivity index is 2.03. The lowest BCUT2D eigenvalue weighted by molar-refractivity contribution is -0.122. The lowest BCUT2D eigenvalue weighted by Gasteiger charge is -2.14. The fraction of sp³-hybridized carbons (Fsp3) is 0.417. The molecule has 0 radical (unpaired) electrons. The Bertz CT molecular complexity index is 581. The van der Waals surface area contributed by atoms with Gasteiger partial charge in [0.25, 0.3) is 0 Å². The normalized spacial score (nSPS) is 16.5. The molecule has 1 aliphatic rings. The average molecular weight is 298 g/mol. The highest BCUT2D eigenvalue weighted by Gasteiger charge is 2.27. The lowest BCUT2D eigenvalue weighted by Crippen LogP contribution is -2.45. The third-order valence-electron chi connectivity index (χ3n) is 2.98. The minimum Gasteiger partial charge on any atom is -0.352 e. The molecular weight excluding hydrogens is 280 g/mol. The van der Waals surface area contributed by atoms with Crippen molar-refractivity contribution in [3.63, 3.8) is 0 Å². The van der Waals surface area contributed by atoms with Crippen LogP contribution >= 0.6 is 0 Å². The molecule has 0 spiro atoms. The number of nitrogen functional groups attached to an aromatic ring is 1. The van der Waals surface area contributed by atoms with E-state index in [1.165, 1.54) is 19.1 Å². The Morgan fingerprint density at radius 3 is 2.40 bits per heavy atom. The molecule has 7 nitrogen and oxygen atoms in total. The number of carbonyl (C=O) groups is 1. The van der Waals surface area contributed by atoms with Crippen molar-refractivity contribution >= 4 is 21.6 Å². The van der Waals surface area contributed by atoms with Crippen molar-refractivity contribution in [3.8, 4) is 0 Å². The van der Waals surface area contributed by atoms with Crippen molar-refractivity contribution in [3.05, 3.63) is 24.3 Å². The highest BCUT2D eigenvalue weighted by atomic mass is 32.2. The molecule has 0 aromatic heterocycles. The van der Waals surface area contributed by atoms with Crippen molar-refractivity contribution in [1.82, 2.24) is 10.0 Å². The number of nitrogens with two attached hydrogens (primary N) is 1. The quantitative estimate of drug-likeness (QED) is 0.433. The number of sulfonamides is 1. The van der Waals surface area contributed by atoms with Gasteiger partial charge in [0.15, 0.2) is 0 Å². The van der Waals surface area contributed by atoms with Crippen LogP contribution in [0.5, 0.6) is 0 Å². The molecule has 0 aliphatic heterocycles. The number of benzene rings is 1. The molecule has 1 atom stereocenters. The Kier molecular flexibility index (Phi) is 4.26. The fourth-order valence-electron chi connectivity index (χ4n) is 1.64. The van der Waals surface area contributed by atoms with Gasteiger partial charge in [0, 0.05) is 11.7 Å². The van der Waals surface area contributed by atoms with Gasteiger partial charge in [-0.15, -0.1) is 0 Å². The van der Waals surface area contributed by atoms with E-state index in [1.54, 1.807) is 12.1 Å². The Morgan fingerprint density at radius 2 is 1.90 bits per heavy atom. The summed E-state index contributed by atoms with van der Waals surface area (Å²) in [6.07, 6.45) is 1.91. The summed E-state index contributed by atoms with van der Waals surface area (Å²) in [5, 5.41) is 2.75. The third kappa shape index (κ3) is 3.69. The molecule has 0 heterocycles. The van der Waals surface area contributed by atoms with E-state index in [0.29, 0.717) is 5.69 Å². The van der Waals surface area contributed by atoms with Crippen LogP contribution in [0.3, 0.4) is 0 Å². The first-order valence-electron chi connectivity index (χ1n) is 6.32. The van der Waals surface area contributed by atoms with Crippen LogP contribution in [0, 0.1) is 0 Å². The Labute approximate surface area is 117 Å². The van der Waals surface area contributed by atoms with Crippen LogP contribution in [0.15, 0.2) is 29.2 Å². The minimum atomic E-state index is -3.72. The zero-order chi connectivity index (χ0) is 14.8. The van der Waals surface area contributed by atoms with Crippen LogP contribution in [-0.4, -0.2) is 26.4 Å². The van der Waals surface area contributed by atoms with E-state index >= 15 is 0 Å². The van der Waals surface area contributed by atoms with Crippen molar-refractivity contribution in [2.45, 2.75) is 36.7 Å². The van der Waals surface area contributed by atoms with E-state index in [4.69, 9.17) is 5.84 Å². The molecule has 0 saturated heterocycles. The van der Waals surface area contributed by atoms with Gasteiger partial charge in [0.2, 0.25) is 15.9 Å². The van der Waals surface area contributed by atoms with Gasteiger partial charge in [0.05, 0.1) is 10.9 Å². The second-order valence-electron chi connectivity index (χ2n) is 4.79. The molecule has 1 aromatic rings. The van der Waals surface area contributed by atoms with E-state index in [1.807, 2.05) is 0 Å². The molecular formula is C12H18N4O3S. The molecule has 110 valence electrons. The summed E-state index contributed by atoms with van der Waals surface area (Å²) in [7, 11) is -3.72. The van der Waals surface area contributed by atoms with Crippen LogP contribution < -0.4 is 21.3 Å². The summed E-state index contributed by atoms with van der Waals surface area (Å²) in [6.45, 7) is 1.52. The van der Waals surface area contributed by atoms with Crippen molar-refractivity contribution in [2.24, 2.45) is 5.84 Å². The maximum absolute atomic E-state index is 12.1. The number of hydrogen-bond acceptors (Lipinski definition) is 5. The summed E-state index contributed by atoms with van der Waals surface area (Å²) in [5.41, 5.74) is 3.01. The molecule has 1 aliphatic carbocycles. The molecule has 2 rings (SSSR count). The second kappa shape index (κ2) is 5.78. The minimum absolute atomic E-state index is 0.0857. The summed E-state index contributed by atoms with van der Waals surface area (Å²) in [4.78, 5) is 11.8. The van der Waals surface area contributed by atoms with Crippen molar-refractivity contribution < 1.29 is 13.2 Å². The van der Waals surface area contributed by atoms with Crippen LogP contribution in [0.2, 0.25) is 0 Å². The van der Waals surface area contributed by atoms with E-state index in [2.05, 4.69) is 15.5 Å². The summed E-state index contributed by atoms with van der Waals surface area (Å²) >= 11 is 0. The molecule has 0 bridgehead atoms. The third-order valence-corrected chi connectivity index (χ3v) is 4.54. The molecule has 1 unspecified atom stereocenters. The Morgan fingerprint density at radius 1 is 1.30 bits per heavy atom. The fourth-order valence-corrected chi connectivity index (χ4v) is 2.84. The number of hydrazine groups is 1. The number of anilines is 1. The van der Waals surface area contributed by atoms with Gasteiger partial charge >= 0.3 is 0 Å². The van der Waals surface area contributed by atoms with Gasteiger partial charge in [0.1, 0.15) is 0 Å². The van der Waals surface area contributed by atoms with Gasteiger partial charge in [-0.05, 0) is 44.0 Å². The summed E-state index contributed by atoms with van der Waals surface area (Å²) in [5.74, 6) is 4.90. The summed E-state index contributed by atoms with van der Waals surface area (Å²) in [6, 6.07) is 5.32. The van der Waals surface area contributed by atoms with Gasteiger partial charge in [-0.3, -0.25) is 10.6 Å². The second-order valence-corrected chi connectivity index (χ2v) is 6.51. The van der Waals surface area contributed by atoms with Crippen LogP contribution in [0.1, 0.15) is 19.8 Å². The first kappa shape index (κ1) is 14.8. The highest BCUT2D eigenvalue weighted by Crippen LogP contribution is 2.19.